The molecular formula is C15H18BrNO2. The number of carbonyl (C=O) groups is 1. The molecule has 1 heterocycles. The first-order chi connectivity index (χ1) is 9.22. The number of rotatable bonds is 3. The molecule has 1 aromatic carbocycles. The van der Waals surface area contributed by atoms with E-state index in [-0.39, 0.29) is 6.10 Å². The van der Waals surface area contributed by atoms with Crippen LogP contribution in [-0.2, 0) is 4.79 Å². The third kappa shape index (κ3) is 3.30. The number of amides is 1. The van der Waals surface area contributed by atoms with Gasteiger partial charge in [-0.05, 0) is 37.1 Å². The van der Waals surface area contributed by atoms with E-state index in [1.54, 1.807) is 0 Å². The smallest absolute Gasteiger partial charge is 0.225 e. The molecule has 19 heavy (non-hydrogen) atoms. The number of piperidine rings is 1. The summed E-state index contributed by atoms with van der Waals surface area (Å²) in [6.45, 7) is 1.69. The number of halogens is 1. The minimum absolute atomic E-state index is 0.240. The highest BCUT2D eigenvalue weighted by atomic mass is 79.9. The fourth-order valence-corrected chi connectivity index (χ4v) is 2.75. The molecule has 0 unspecified atom stereocenters. The Morgan fingerprint density at radius 3 is 2.32 bits per heavy atom. The number of likely N-dealkylation sites (tertiary alicyclic amines) is 1. The lowest BCUT2D eigenvalue weighted by Crippen LogP contribution is -2.42. The topological polar surface area (TPSA) is 29.5 Å². The molecule has 1 aromatic rings. The van der Waals surface area contributed by atoms with Gasteiger partial charge in [0.15, 0.2) is 0 Å². The molecule has 0 N–H and O–H groups in total. The van der Waals surface area contributed by atoms with Gasteiger partial charge in [0.25, 0.3) is 0 Å². The third-order valence-electron chi connectivity index (χ3n) is 3.80. The Kier molecular flexibility index (Phi) is 3.78. The van der Waals surface area contributed by atoms with Crippen LogP contribution in [0.2, 0.25) is 0 Å². The summed E-state index contributed by atoms with van der Waals surface area (Å²) in [7, 11) is 0. The predicted molar refractivity (Wildman–Crippen MR) is 77.1 cm³/mol. The van der Waals surface area contributed by atoms with E-state index < -0.39 is 0 Å². The number of ether oxygens (including phenoxy) is 1. The van der Waals surface area contributed by atoms with Crippen LogP contribution < -0.4 is 4.74 Å². The van der Waals surface area contributed by atoms with Crippen molar-refractivity contribution >= 4 is 21.8 Å². The zero-order valence-electron chi connectivity index (χ0n) is 10.8. The first-order valence-corrected chi connectivity index (χ1v) is 7.73. The maximum absolute atomic E-state index is 11.9. The molecule has 3 nitrogen and oxygen atoms in total. The molecule has 4 heteroatoms. The molecule has 1 amide bonds. The minimum atomic E-state index is 0.240. The van der Waals surface area contributed by atoms with Crippen molar-refractivity contribution in [3.8, 4) is 5.75 Å². The van der Waals surface area contributed by atoms with Crippen LogP contribution in [-0.4, -0.2) is 30.0 Å². The van der Waals surface area contributed by atoms with Gasteiger partial charge in [0.05, 0.1) is 0 Å². The van der Waals surface area contributed by atoms with Crippen molar-refractivity contribution in [2.24, 2.45) is 5.92 Å². The molecule has 2 fully saturated rings. The zero-order chi connectivity index (χ0) is 13.2. The maximum atomic E-state index is 11.9. The van der Waals surface area contributed by atoms with Gasteiger partial charge in [-0.3, -0.25) is 4.79 Å². The molecule has 0 atom stereocenters. The van der Waals surface area contributed by atoms with Gasteiger partial charge >= 0.3 is 0 Å². The summed E-state index contributed by atoms with van der Waals surface area (Å²) in [5, 5.41) is 0. The van der Waals surface area contributed by atoms with E-state index in [4.69, 9.17) is 4.74 Å². The summed E-state index contributed by atoms with van der Waals surface area (Å²) in [6, 6.07) is 7.93. The van der Waals surface area contributed by atoms with Gasteiger partial charge in [0.1, 0.15) is 11.9 Å². The molecule has 1 aliphatic carbocycles. The normalized spacial score (nSPS) is 20.4. The average Bonchev–Trinajstić information content (AvgIpc) is 3.26. The minimum Gasteiger partial charge on any atom is -0.490 e. The molecule has 0 bridgehead atoms. The van der Waals surface area contributed by atoms with Crippen molar-refractivity contribution in [3.05, 3.63) is 28.7 Å². The van der Waals surface area contributed by atoms with Crippen LogP contribution >= 0.6 is 15.9 Å². The summed E-state index contributed by atoms with van der Waals surface area (Å²) in [5.74, 6) is 1.61. The predicted octanol–water partition coefficient (Wildman–Crippen LogP) is 3.23. The highest BCUT2D eigenvalue weighted by Gasteiger charge is 2.35. The van der Waals surface area contributed by atoms with Crippen LogP contribution in [0.4, 0.5) is 0 Å². The molecule has 0 radical (unpaired) electrons. The summed E-state index contributed by atoms with van der Waals surface area (Å²) in [6.07, 6.45) is 4.30. The highest BCUT2D eigenvalue weighted by molar-refractivity contribution is 9.10. The van der Waals surface area contributed by atoms with Crippen LogP contribution in [0.3, 0.4) is 0 Å². The van der Waals surface area contributed by atoms with Gasteiger partial charge < -0.3 is 9.64 Å². The number of hydrogen-bond donors (Lipinski definition) is 0. The van der Waals surface area contributed by atoms with Gasteiger partial charge in [-0.15, -0.1) is 0 Å². The monoisotopic (exact) mass is 323 g/mol. The van der Waals surface area contributed by atoms with Crippen molar-refractivity contribution in [2.75, 3.05) is 13.1 Å². The van der Waals surface area contributed by atoms with E-state index in [9.17, 15) is 4.79 Å². The van der Waals surface area contributed by atoms with Gasteiger partial charge in [-0.1, -0.05) is 15.9 Å². The number of benzene rings is 1. The lowest BCUT2D eigenvalue weighted by Gasteiger charge is -2.32. The Labute approximate surface area is 122 Å². The zero-order valence-corrected chi connectivity index (χ0v) is 12.4. The Balaban J connectivity index is 1.49. The largest absolute Gasteiger partial charge is 0.490 e. The lowest BCUT2D eigenvalue weighted by atomic mass is 10.1. The van der Waals surface area contributed by atoms with E-state index in [1.165, 1.54) is 0 Å². The Morgan fingerprint density at radius 1 is 1.11 bits per heavy atom. The molecule has 102 valence electrons. The van der Waals surface area contributed by atoms with Crippen LogP contribution in [0, 0.1) is 5.92 Å². The summed E-state index contributed by atoms with van der Waals surface area (Å²) >= 11 is 3.41. The van der Waals surface area contributed by atoms with E-state index in [0.717, 1.165) is 49.0 Å². The van der Waals surface area contributed by atoms with Gasteiger partial charge in [0.2, 0.25) is 5.91 Å². The van der Waals surface area contributed by atoms with E-state index in [2.05, 4.69) is 15.9 Å². The molecule has 1 aliphatic heterocycles. The second-order valence-electron chi connectivity index (χ2n) is 5.37. The van der Waals surface area contributed by atoms with Crippen LogP contribution in [0.25, 0.3) is 0 Å². The first kappa shape index (κ1) is 13.0. The Bertz CT molecular complexity index is 448. The Morgan fingerprint density at radius 2 is 1.74 bits per heavy atom. The van der Waals surface area contributed by atoms with Crippen LogP contribution in [0.15, 0.2) is 28.7 Å². The number of nitrogens with zero attached hydrogens (tertiary/aromatic N) is 1. The average molecular weight is 324 g/mol. The fourth-order valence-electron chi connectivity index (χ4n) is 2.49. The van der Waals surface area contributed by atoms with Gasteiger partial charge in [-0.2, -0.15) is 0 Å². The van der Waals surface area contributed by atoms with Crippen LogP contribution in [0.5, 0.6) is 5.75 Å². The van der Waals surface area contributed by atoms with E-state index in [0.29, 0.717) is 11.8 Å². The van der Waals surface area contributed by atoms with Gasteiger partial charge in [-0.25, -0.2) is 0 Å². The van der Waals surface area contributed by atoms with E-state index in [1.807, 2.05) is 29.2 Å². The summed E-state index contributed by atoms with van der Waals surface area (Å²) in [5.41, 5.74) is 0. The molecular weight excluding hydrogens is 306 g/mol. The maximum Gasteiger partial charge on any atom is 0.225 e. The quantitative estimate of drug-likeness (QED) is 0.854. The molecule has 1 saturated carbocycles. The summed E-state index contributed by atoms with van der Waals surface area (Å²) in [4.78, 5) is 14.0. The van der Waals surface area contributed by atoms with Crippen molar-refractivity contribution in [3.63, 3.8) is 0 Å². The Hall–Kier alpha value is -1.03. The standard InChI is InChI=1S/C15H18BrNO2/c16-12-3-5-13(6-4-12)19-14-7-9-17(10-8-14)15(18)11-1-2-11/h3-6,11,14H,1-2,7-10H2. The van der Waals surface area contributed by atoms with Crippen molar-refractivity contribution < 1.29 is 9.53 Å². The second kappa shape index (κ2) is 5.53. The van der Waals surface area contributed by atoms with Crippen molar-refractivity contribution in [2.45, 2.75) is 31.8 Å². The highest BCUT2D eigenvalue weighted by Crippen LogP contribution is 2.32. The van der Waals surface area contributed by atoms with Crippen LogP contribution in [0.1, 0.15) is 25.7 Å². The van der Waals surface area contributed by atoms with Gasteiger partial charge in [0, 0.05) is 36.3 Å². The molecule has 0 aromatic heterocycles. The van der Waals surface area contributed by atoms with Crippen molar-refractivity contribution in [1.82, 2.24) is 4.90 Å². The molecule has 0 spiro atoms. The molecule has 3 rings (SSSR count). The second-order valence-corrected chi connectivity index (χ2v) is 6.29. The molecule has 2 aliphatic rings. The van der Waals surface area contributed by atoms with Crippen molar-refractivity contribution in [1.29, 1.82) is 0 Å². The lowest BCUT2D eigenvalue weighted by molar-refractivity contribution is -0.134. The SMILES string of the molecule is O=C(C1CC1)N1CCC(Oc2ccc(Br)cc2)CC1. The molecule has 1 saturated heterocycles. The van der Waals surface area contributed by atoms with E-state index >= 15 is 0 Å². The summed E-state index contributed by atoms with van der Waals surface area (Å²) < 4.78 is 7.02. The third-order valence-corrected chi connectivity index (χ3v) is 4.33. The fraction of sp³-hybridized carbons (Fsp3) is 0.533. The number of hydrogen-bond acceptors (Lipinski definition) is 2. The number of carbonyl (C=O) groups excluding carboxylic acids is 1. The first-order valence-electron chi connectivity index (χ1n) is 6.93.